The van der Waals surface area contributed by atoms with E-state index in [0.29, 0.717) is 0 Å². The fourth-order valence-corrected chi connectivity index (χ4v) is 2.89. The van der Waals surface area contributed by atoms with E-state index >= 15 is 0 Å². The van der Waals surface area contributed by atoms with Crippen LogP contribution in [0.5, 0.6) is 0 Å². The Bertz CT molecular complexity index is 568. The number of halogens is 1. The second-order valence-corrected chi connectivity index (χ2v) is 5.33. The van der Waals surface area contributed by atoms with E-state index in [1.165, 1.54) is 12.1 Å². The van der Waals surface area contributed by atoms with E-state index in [1.54, 1.807) is 6.07 Å². The molecule has 0 unspecified atom stereocenters. The fourth-order valence-electron chi connectivity index (χ4n) is 2.89. The molecule has 1 aliphatic rings. The van der Waals surface area contributed by atoms with Gasteiger partial charge in [-0.2, -0.15) is 0 Å². The molecular weight excluding hydrogens is 239 g/mol. The molecule has 0 aromatic heterocycles. The normalized spacial score (nSPS) is 17.6. The van der Waals surface area contributed by atoms with Crippen LogP contribution in [-0.2, 0) is 5.60 Å². The summed E-state index contributed by atoms with van der Waals surface area (Å²) in [6.45, 7) is 0. The average Bonchev–Trinajstić information content (AvgIpc) is 2.87. The second kappa shape index (κ2) is 4.78. The maximum absolute atomic E-state index is 13.2. The highest BCUT2D eigenvalue weighted by molar-refractivity contribution is 5.63. The first-order chi connectivity index (χ1) is 9.17. The summed E-state index contributed by atoms with van der Waals surface area (Å²) >= 11 is 0. The summed E-state index contributed by atoms with van der Waals surface area (Å²) in [6.07, 6.45) is 3.85. The van der Waals surface area contributed by atoms with Gasteiger partial charge in [-0.1, -0.05) is 49.2 Å². The maximum atomic E-state index is 13.2. The molecule has 2 heteroatoms. The zero-order chi connectivity index (χ0) is 13.3. The molecule has 98 valence electrons. The van der Waals surface area contributed by atoms with Gasteiger partial charge in [-0.3, -0.25) is 0 Å². The van der Waals surface area contributed by atoms with Crippen molar-refractivity contribution in [2.45, 2.75) is 31.3 Å². The summed E-state index contributed by atoms with van der Waals surface area (Å²) in [5.41, 5.74) is 2.17. The average molecular weight is 256 g/mol. The summed E-state index contributed by atoms with van der Waals surface area (Å²) in [4.78, 5) is 0. The molecule has 19 heavy (non-hydrogen) atoms. The molecule has 0 aliphatic heterocycles. The lowest BCUT2D eigenvalue weighted by Crippen LogP contribution is -2.20. The van der Waals surface area contributed by atoms with E-state index in [4.69, 9.17) is 0 Å². The zero-order valence-electron chi connectivity index (χ0n) is 10.8. The molecule has 0 spiro atoms. The minimum atomic E-state index is -0.652. The first kappa shape index (κ1) is 12.4. The Morgan fingerprint density at radius 2 is 1.58 bits per heavy atom. The van der Waals surface area contributed by atoms with E-state index in [9.17, 15) is 9.50 Å². The van der Waals surface area contributed by atoms with Crippen molar-refractivity contribution in [1.29, 1.82) is 0 Å². The van der Waals surface area contributed by atoms with Gasteiger partial charge in [0.25, 0.3) is 0 Å². The van der Waals surface area contributed by atoms with Crippen molar-refractivity contribution >= 4 is 0 Å². The van der Waals surface area contributed by atoms with E-state index in [1.807, 2.05) is 30.3 Å². The lowest BCUT2D eigenvalue weighted by molar-refractivity contribution is 0.0445. The molecule has 1 N–H and O–H groups in total. The van der Waals surface area contributed by atoms with Gasteiger partial charge in [0.05, 0.1) is 5.60 Å². The number of rotatable bonds is 2. The Balaban J connectivity index is 1.91. The highest BCUT2D eigenvalue weighted by atomic mass is 19.1. The molecule has 1 nitrogen and oxygen atoms in total. The van der Waals surface area contributed by atoms with Gasteiger partial charge in [-0.15, -0.1) is 0 Å². The molecular formula is C17H17FO. The van der Waals surface area contributed by atoms with Crippen LogP contribution in [0.4, 0.5) is 4.39 Å². The lowest BCUT2D eigenvalue weighted by Gasteiger charge is -2.22. The highest BCUT2D eigenvalue weighted by Gasteiger charge is 2.32. The second-order valence-electron chi connectivity index (χ2n) is 5.33. The van der Waals surface area contributed by atoms with Crippen LogP contribution < -0.4 is 0 Å². The van der Waals surface area contributed by atoms with Crippen molar-refractivity contribution in [3.63, 3.8) is 0 Å². The van der Waals surface area contributed by atoms with Gasteiger partial charge in [-0.25, -0.2) is 4.39 Å². The molecule has 1 saturated carbocycles. The molecule has 2 aromatic carbocycles. The van der Waals surface area contributed by atoms with Crippen LogP contribution in [0.25, 0.3) is 11.1 Å². The van der Waals surface area contributed by atoms with Crippen LogP contribution in [0.1, 0.15) is 31.2 Å². The van der Waals surface area contributed by atoms with Gasteiger partial charge < -0.3 is 5.11 Å². The van der Waals surface area contributed by atoms with Crippen LogP contribution >= 0.6 is 0 Å². The summed E-state index contributed by atoms with van der Waals surface area (Å²) in [5, 5.41) is 10.5. The van der Waals surface area contributed by atoms with Gasteiger partial charge in [0.1, 0.15) is 5.82 Å². The van der Waals surface area contributed by atoms with Gasteiger partial charge in [0.15, 0.2) is 0 Å². The van der Waals surface area contributed by atoms with Crippen LogP contribution in [0.2, 0.25) is 0 Å². The summed E-state index contributed by atoms with van der Waals surface area (Å²) in [7, 11) is 0. The third-order valence-corrected chi connectivity index (χ3v) is 4.01. The van der Waals surface area contributed by atoms with Crippen LogP contribution in [0.3, 0.4) is 0 Å². The number of benzene rings is 2. The van der Waals surface area contributed by atoms with E-state index in [0.717, 1.165) is 42.4 Å². The minimum Gasteiger partial charge on any atom is -0.385 e. The monoisotopic (exact) mass is 256 g/mol. The van der Waals surface area contributed by atoms with Crippen molar-refractivity contribution in [1.82, 2.24) is 0 Å². The smallest absolute Gasteiger partial charge is 0.123 e. The van der Waals surface area contributed by atoms with Crippen molar-refractivity contribution in [3.05, 3.63) is 59.9 Å². The summed E-state index contributed by atoms with van der Waals surface area (Å²) in [6, 6.07) is 14.4. The standard InChI is InChI=1S/C17H17FO/c18-16-5-3-4-14(12-16)13-6-8-15(9-7-13)17(19)10-1-2-11-17/h3-9,12,19H,1-2,10-11H2. The quantitative estimate of drug-likeness (QED) is 0.851. The number of hydrogen-bond acceptors (Lipinski definition) is 1. The van der Waals surface area contributed by atoms with Gasteiger partial charge in [0, 0.05) is 0 Å². The summed E-state index contributed by atoms with van der Waals surface area (Å²) in [5.74, 6) is -0.226. The maximum Gasteiger partial charge on any atom is 0.123 e. The van der Waals surface area contributed by atoms with Gasteiger partial charge >= 0.3 is 0 Å². The third kappa shape index (κ3) is 2.41. The molecule has 0 radical (unpaired) electrons. The van der Waals surface area contributed by atoms with Crippen molar-refractivity contribution < 1.29 is 9.50 Å². The number of hydrogen-bond donors (Lipinski definition) is 1. The van der Waals surface area contributed by atoms with E-state index in [-0.39, 0.29) is 5.82 Å². The molecule has 2 aromatic rings. The molecule has 1 fully saturated rings. The minimum absolute atomic E-state index is 0.226. The SMILES string of the molecule is OC1(c2ccc(-c3cccc(F)c3)cc2)CCCC1. The predicted molar refractivity (Wildman–Crippen MR) is 74.2 cm³/mol. The lowest BCUT2D eigenvalue weighted by atomic mass is 9.91. The topological polar surface area (TPSA) is 20.2 Å². The molecule has 0 saturated heterocycles. The highest BCUT2D eigenvalue weighted by Crippen LogP contribution is 2.39. The molecule has 3 rings (SSSR count). The Hall–Kier alpha value is -1.67. The van der Waals surface area contributed by atoms with Crippen molar-refractivity contribution in [2.24, 2.45) is 0 Å². The zero-order valence-corrected chi connectivity index (χ0v) is 10.8. The Kier molecular flexibility index (Phi) is 3.11. The van der Waals surface area contributed by atoms with Crippen LogP contribution in [0, 0.1) is 5.82 Å². The molecule has 1 aliphatic carbocycles. The Morgan fingerprint density at radius 3 is 2.21 bits per heavy atom. The van der Waals surface area contributed by atoms with Gasteiger partial charge in [-0.05, 0) is 41.7 Å². The molecule has 0 heterocycles. The van der Waals surface area contributed by atoms with Crippen LogP contribution in [0.15, 0.2) is 48.5 Å². The largest absolute Gasteiger partial charge is 0.385 e. The first-order valence-electron chi connectivity index (χ1n) is 6.76. The summed E-state index contributed by atoms with van der Waals surface area (Å²) < 4.78 is 13.2. The van der Waals surface area contributed by atoms with Crippen molar-refractivity contribution in [2.75, 3.05) is 0 Å². The molecule has 0 atom stereocenters. The fraction of sp³-hybridized carbons (Fsp3) is 0.294. The molecule has 0 bridgehead atoms. The Labute approximate surface area is 112 Å². The predicted octanol–water partition coefficient (Wildman–Crippen LogP) is 4.25. The van der Waals surface area contributed by atoms with Gasteiger partial charge in [0.2, 0.25) is 0 Å². The van der Waals surface area contributed by atoms with E-state index in [2.05, 4.69) is 0 Å². The molecule has 0 amide bonds. The third-order valence-electron chi connectivity index (χ3n) is 4.01. The van der Waals surface area contributed by atoms with Crippen molar-refractivity contribution in [3.8, 4) is 11.1 Å². The Morgan fingerprint density at radius 1 is 0.895 bits per heavy atom. The first-order valence-corrected chi connectivity index (χ1v) is 6.76. The van der Waals surface area contributed by atoms with E-state index < -0.39 is 5.60 Å². The number of aliphatic hydroxyl groups is 1. The van der Waals surface area contributed by atoms with Crippen LogP contribution in [-0.4, -0.2) is 5.11 Å².